The molecule has 1 aliphatic heterocycles. The number of anilines is 1. The largest absolute Gasteiger partial charge is 0.346 e. The zero-order valence-electron chi connectivity index (χ0n) is 13.5. The Morgan fingerprint density at radius 3 is 2.73 bits per heavy atom. The van der Waals surface area contributed by atoms with Crippen LogP contribution in [0.15, 0.2) is 24.3 Å². The van der Waals surface area contributed by atoms with Crippen LogP contribution in [0.1, 0.15) is 38.7 Å². The molecule has 0 bridgehead atoms. The zero-order chi connectivity index (χ0) is 16.3. The molecule has 5 heteroatoms. The molecule has 2 amide bonds. The van der Waals surface area contributed by atoms with E-state index in [1.54, 1.807) is 4.90 Å². The SMILES string of the molecule is CC1CCN(C(=O)CNC(=O)[C@@H](N)C(C)C)c2ccccc21. The van der Waals surface area contributed by atoms with Crippen LogP contribution in [-0.2, 0) is 9.59 Å². The summed E-state index contributed by atoms with van der Waals surface area (Å²) in [6.07, 6.45) is 0.933. The number of hydrogen-bond donors (Lipinski definition) is 2. The summed E-state index contributed by atoms with van der Waals surface area (Å²) in [5, 5.41) is 2.65. The van der Waals surface area contributed by atoms with Crippen molar-refractivity contribution in [2.75, 3.05) is 18.0 Å². The Bertz CT molecular complexity index is 557. The van der Waals surface area contributed by atoms with E-state index < -0.39 is 6.04 Å². The minimum Gasteiger partial charge on any atom is -0.346 e. The Hall–Kier alpha value is -1.88. The Kier molecular flexibility index (Phi) is 5.19. The molecule has 1 unspecified atom stereocenters. The molecule has 2 rings (SSSR count). The summed E-state index contributed by atoms with van der Waals surface area (Å²) in [6, 6.07) is 7.37. The lowest BCUT2D eigenvalue weighted by atomic mass is 9.91. The molecule has 1 aromatic rings. The fraction of sp³-hybridized carbons (Fsp3) is 0.529. The molecular formula is C17H25N3O2. The number of hydrogen-bond acceptors (Lipinski definition) is 3. The number of benzene rings is 1. The first kappa shape index (κ1) is 16.5. The molecule has 0 aliphatic carbocycles. The van der Waals surface area contributed by atoms with Crippen molar-refractivity contribution in [3.63, 3.8) is 0 Å². The summed E-state index contributed by atoms with van der Waals surface area (Å²) in [7, 11) is 0. The maximum Gasteiger partial charge on any atom is 0.246 e. The van der Waals surface area contributed by atoms with Crippen molar-refractivity contribution in [3.8, 4) is 0 Å². The quantitative estimate of drug-likeness (QED) is 0.887. The first-order valence-electron chi connectivity index (χ1n) is 7.84. The van der Waals surface area contributed by atoms with E-state index in [9.17, 15) is 9.59 Å². The van der Waals surface area contributed by atoms with E-state index in [4.69, 9.17) is 5.73 Å². The number of nitrogens with one attached hydrogen (secondary N) is 1. The molecule has 0 fully saturated rings. The maximum atomic E-state index is 12.4. The number of nitrogens with two attached hydrogens (primary N) is 1. The summed E-state index contributed by atoms with van der Waals surface area (Å²) in [5.74, 6) is 0.126. The Morgan fingerprint density at radius 1 is 1.36 bits per heavy atom. The molecule has 1 heterocycles. The molecule has 5 nitrogen and oxygen atoms in total. The number of para-hydroxylation sites is 1. The van der Waals surface area contributed by atoms with Gasteiger partial charge >= 0.3 is 0 Å². The maximum absolute atomic E-state index is 12.4. The first-order valence-corrected chi connectivity index (χ1v) is 7.84. The highest BCUT2D eigenvalue weighted by molar-refractivity contribution is 5.98. The molecule has 0 radical (unpaired) electrons. The number of carbonyl (C=O) groups is 2. The average molecular weight is 303 g/mol. The third-order valence-electron chi connectivity index (χ3n) is 4.28. The predicted molar refractivity (Wildman–Crippen MR) is 87.7 cm³/mol. The average Bonchev–Trinajstić information content (AvgIpc) is 2.52. The van der Waals surface area contributed by atoms with Crippen molar-refractivity contribution in [2.24, 2.45) is 11.7 Å². The lowest BCUT2D eigenvalue weighted by Gasteiger charge is -2.33. The predicted octanol–water partition coefficient (Wildman–Crippen LogP) is 1.63. The van der Waals surface area contributed by atoms with Gasteiger partial charge in [-0.3, -0.25) is 9.59 Å². The van der Waals surface area contributed by atoms with Gasteiger partial charge < -0.3 is 16.0 Å². The van der Waals surface area contributed by atoms with Gasteiger partial charge in [0.2, 0.25) is 11.8 Å². The summed E-state index contributed by atoms with van der Waals surface area (Å²) < 4.78 is 0. The summed E-state index contributed by atoms with van der Waals surface area (Å²) in [5.41, 5.74) is 7.92. The third kappa shape index (κ3) is 3.47. The molecule has 0 aromatic heterocycles. The Balaban J connectivity index is 2.02. The van der Waals surface area contributed by atoms with Crippen molar-refractivity contribution in [2.45, 2.75) is 39.2 Å². The summed E-state index contributed by atoms with van der Waals surface area (Å²) >= 11 is 0. The molecule has 1 aliphatic rings. The van der Waals surface area contributed by atoms with Gasteiger partial charge in [-0.1, -0.05) is 39.0 Å². The second kappa shape index (κ2) is 6.92. The molecule has 2 atom stereocenters. The van der Waals surface area contributed by atoms with E-state index >= 15 is 0 Å². The van der Waals surface area contributed by atoms with Crippen molar-refractivity contribution in [1.29, 1.82) is 0 Å². The second-order valence-electron chi connectivity index (χ2n) is 6.28. The van der Waals surface area contributed by atoms with Crippen LogP contribution >= 0.6 is 0 Å². The standard InChI is InChI=1S/C17H25N3O2/c1-11(2)16(18)17(22)19-10-15(21)20-9-8-12(3)13-6-4-5-7-14(13)20/h4-7,11-12,16H,8-10,18H2,1-3H3,(H,19,22)/t12?,16-/m0/s1. The Morgan fingerprint density at radius 2 is 2.05 bits per heavy atom. The minimum atomic E-state index is -0.582. The van der Waals surface area contributed by atoms with Crippen molar-refractivity contribution in [1.82, 2.24) is 5.32 Å². The van der Waals surface area contributed by atoms with Gasteiger partial charge in [0, 0.05) is 12.2 Å². The van der Waals surface area contributed by atoms with Crippen LogP contribution in [0, 0.1) is 5.92 Å². The summed E-state index contributed by atoms with van der Waals surface area (Å²) in [6.45, 7) is 6.61. The molecule has 1 aromatic carbocycles. The number of fused-ring (bicyclic) bond motifs is 1. The number of carbonyl (C=O) groups excluding carboxylic acids is 2. The molecule has 120 valence electrons. The highest BCUT2D eigenvalue weighted by Gasteiger charge is 2.26. The van der Waals surface area contributed by atoms with Crippen LogP contribution in [0.4, 0.5) is 5.69 Å². The monoisotopic (exact) mass is 303 g/mol. The minimum absolute atomic E-state index is 0.0119. The first-order chi connectivity index (χ1) is 10.4. The molecule has 3 N–H and O–H groups in total. The zero-order valence-corrected chi connectivity index (χ0v) is 13.5. The second-order valence-corrected chi connectivity index (χ2v) is 6.28. The van der Waals surface area contributed by atoms with Gasteiger partial charge in [0.15, 0.2) is 0 Å². The van der Waals surface area contributed by atoms with E-state index in [-0.39, 0.29) is 24.3 Å². The molecule has 0 saturated carbocycles. The van der Waals surface area contributed by atoms with Crippen molar-refractivity contribution < 1.29 is 9.59 Å². The topological polar surface area (TPSA) is 75.4 Å². The van der Waals surface area contributed by atoms with E-state index in [0.29, 0.717) is 12.5 Å². The smallest absolute Gasteiger partial charge is 0.246 e. The van der Waals surface area contributed by atoms with Gasteiger partial charge in [0.1, 0.15) is 0 Å². The van der Waals surface area contributed by atoms with Crippen LogP contribution in [0.5, 0.6) is 0 Å². The van der Waals surface area contributed by atoms with Crippen molar-refractivity contribution in [3.05, 3.63) is 29.8 Å². The normalized spacial score (nSPS) is 18.8. The molecular weight excluding hydrogens is 278 g/mol. The molecule has 22 heavy (non-hydrogen) atoms. The number of nitrogens with zero attached hydrogens (tertiary/aromatic N) is 1. The highest BCUT2D eigenvalue weighted by Crippen LogP contribution is 2.34. The molecule has 0 spiro atoms. The lowest BCUT2D eigenvalue weighted by Crippen LogP contribution is -2.48. The van der Waals surface area contributed by atoms with Gasteiger partial charge in [-0.15, -0.1) is 0 Å². The number of amides is 2. The van der Waals surface area contributed by atoms with Crippen LogP contribution in [0.25, 0.3) is 0 Å². The summed E-state index contributed by atoms with van der Waals surface area (Å²) in [4.78, 5) is 26.1. The highest BCUT2D eigenvalue weighted by atomic mass is 16.2. The lowest BCUT2D eigenvalue weighted by molar-refractivity contribution is -0.126. The van der Waals surface area contributed by atoms with E-state index in [1.807, 2.05) is 32.0 Å². The van der Waals surface area contributed by atoms with Gasteiger partial charge in [0.25, 0.3) is 0 Å². The third-order valence-corrected chi connectivity index (χ3v) is 4.28. The van der Waals surface area contributed by atoms with E-state index in [1.165, 1.54) is 5.56 Å². The number of rotatable bonds is 4. The van der Waals surface area contributed by atoms with Crippen LogP contribution < -0.4 is 16.0 Å². The van der Waals surface area contributed by atoms with Gasteiger partial charge in [-0.05, 0) is 29.9 Å². The van der Waals surface area contributed by atoms with Crippen LogP contribution in [-0.4, -0.2) is 30.9 Å². The van der Waals surface area contributed by atoms with Gasteiger partial charge in [-0.25, -0.2) is 0 Å². The van der Waals surface area contributed by atoms with Crippen LogP contribution in [0.2, 0.25) is 0 Å². The fourth-order valence-electron chi connectivity index (χ4n) is 2.69. The fourth-order valence-corrected chi connectivity index (χ4v) is 2.69. The van der Waals surface area contributed by atoms with Gasteiger partial charge in [0.05, 0.1) is 12.6 Å². The van der Waals surface area contributed by atoms with Gasteiger partial charge in [-0.2, -0.15) is 0 Å². The van der Waals surface area contributed by atoms with E-state index in [2.05, 4.69) is 18.3 Å². The molecule has 0 saturated heterocycles. The van der Waals surface area contributed by atoms with E-state index in [0.717, 1.165) is 12.1 Å². The van der Waals surface area contributed by atoms with Crippen molar-refractivity contribution >= 4 is 17.5 Å². The van der Waals surface area contributed by atoms with Crippen LogP contribution in [0.3, 0.4) is 0 Å². The Labute approximate surface area is 131 Å².